The molecule has 0 aromatic heterocycles. The van der Waals surface area contributed by atoms with Gasteiger partial charge in [-0.3, -0.25) is 4.79 Å². The van der Waals surface area contributed by atoms with E-state index in [0.717, 1.165) is 24.0 Å². The SMILES string of the molecule is [CH2]c1ccc(C(=O)C2CC2)cc1. The van der Waals surface area contributed by atoms with Crippen LogP contribution in [0.25, 0.3) is 0 Å². The van der Waals surface area contributed by atoms with E-state index in [9.17, 15) is 4.79 Å². The van der Waals surface area contributed by atoms with Gasteiger partial charge in [0.05, 0.1) is 0 Å². The molecule has 1 saturated carbocycles. The minimum atomic E-state index is 0.301. The zero-order valence-corrected chi connectivity index (χ0v) is 6.92. The third-order valence-corrected chi connectivity index (χ3v) is 2.19. The molecule has 2 rings (SSSR count). The van der Waals surface area contributed by atoms with E-state index in [1.807, 2.05) is 24.3 Å². The van der Waals surface area contributed by atoms with E-state index >= 15 is 0 Å². The number of carbonyl (C=O) groups excluding carboxylic acids is 1. The standard InChI is InChI=1S/C11H11O/c1-8-2-4-9(5-3-8)11(12)10-6-7-10/h2-5,10H,1,6-7H2. The summed E-state index contributed by atoms with van der Waals surface area (Å²) in [5.41, 5.74) is 1.80. The second-order valence-corrected chi connectivity index (χ2v) is 3.34. The molecule has 1 aromatic rings. The normalized spacial score (nSPS) is 16.1. The first-order valence-corrected chi connectivity index (χ1v) is 4.23. The number of ketones is 1. The lowest BCUT2D eigenvalue weighted by Gasteiger charge is -1.98. The lowest BCUT2D eigenvalue weighted by molar-refractivity contribution is 0.0967. The van der Waals surface area contributed by atoms with Gasteiger partial charge in [-0.15, -0.1) is 0 Å². The lowest BCUT2D eigenvalue weighted by atomic mass is 10.1. The average Bonchev–Trinajstić information content (AvgIpc) is 2.87. The van der Waals surface area contributed by atoms with Gasteiger partial charge < -0.3 is 0 Å². The van der Waals surface area contributed by atoms with Crippen molar-refractivity contribution in [1.82, 2.24) is 0 Å². The summed E-state index contributed by atoms with van der Waals surface area (Å²) in [5.74, 6) is 0.621. The second kappa shape index (κ2) is 2.74. The van der Waals surface area contributed by atoms with E-state index in [-0.39, 0.29) is 0 Å². The van der Waals surface area contributed by atoms with Crippen LogP contribution in [0.5, 0.6) is 0 Å². The molecule has 1 aromatic carbocycles. The summed E-state index contributed by atoms with van der Waals surface area (Å²) < 4.78 is 0. The summed E-state index contributed by atoms with van der Waals surface area (Å²) in [5, 5.41) is 0. The van der Waals surface area contributed by atoms with Crippen LogP contribution in [0.4, 0.5) is 0 Å². The van der Waals surface area contributed by atoms with E-state index in [0.29, 0.717) is 11.7 Å². The van der Waals surface area contributed by atoms with Gasteiger partial charge in [-0.25, -0.2) is 0 Å². The molecule has 1 aliphatic carbocycles. The highest BCUT2D eigenvalue weighted by atomic mass is 16.1. The molecule has 0 spiro atoms. The van der Waals surface area contributed by atoms with Crippen LogP contribution in [0.15, 0.2) is 24.3 Å². The van der Waals surface area contributed by atoms with Gasteiger partial charge in [0.15, 0.2) is 5.78 Å². The molecule has 1 aliphatic rings. The largest absolute Gasteiger partial charge is 0.294 e. The molecule has 0 N–H and O–H groups in total. The molecular formula is C11H11O. The summed E-state index contributed by atoms with van der Waals surface area (Å²) >= 11 is 0. The van der Waals surface area contributed by atoms with Gasteiger partial charge in [0, 0.05) is 11.5 Å². The molecule has 0 aliphatic heterocycles. The molecule has 1 radical (unpaired) electrons. The third kappa shape index (κ3) is 1.40. The van der Waals surface area contributed by atoms with Crippen molar-refractivity contribution in [2.45, 2.75) is 12.8 Å². The number of benzene rings is 1. The van der Waals surface area contributed by atoms with Gasteiger partial charge >= 0.3 is 0 Å². The minimum absolute atomic E-state index is 0.301. The number of rotatable bonds is 2. The topological polar surface area (TPSA) is 17.1 Å². The van der Waals surface area contributed by atoms with Gasteiger partial charge in [0.1, 0.15) is 0 Å². The quantitative estimate of drug-likeness (QED) is 0.606. The molecule has 0 unspecified atom stereocenters. The maximum atomic E-state index is 11.5. The van der Waals surface area contributed by atoms with Crippen molar-refractivity contribution in [1.29, 1.82) is 0 Å². The van der Waals surface area contributed by atoms with Crippen molar-refractivity contribution in [3.8, 4) is 0 Å². The lowest BCUT2D eigenvalue weighted by Crippen LogP contribution is -2.00. The van der Waals surface area contributed by atoms with Crippen LogP contribution in [0.1, 0.15) is 28.8 Å². The Bertz CT molecular complexity index is 293. The van der Waals surface area contributed by atoms with Crippen LogP contribution in [0.3, 0.4) is 0 Å². The van der Waals surface area contributed by atoms with Crippen LogP contribution in [0.2, 0.25) is 0 Å². The predicted molar refractivity (Wildman–Crippen MR) is 48.0 cm³/mol. The molecule has 61 valence electrons. The zero-order valence-electron chi connectivity index (χ0n) is 6.92. The molecule has 1 fully saturated rings. The summed E-state index contributed by atoms with van der Waals surface area (Å²) in [6.45, 7) is 3.77. The Balaban J connectivity index is 2.22. The summed E-state index contributed by atoms with van der Waals surface area (Å²) in [7, 11) is 0. The van der Waals surface area contributed by atoms with E-state index in [2.05, 4.69) is 6.92 Å². The predicted octanol–water partition coefficient (Wildman–Crippen LogP) is 2.46. The average molecular weight is 159 g/mol. The number of Topliss-reactive ketones (excluding diaryl/α,β-unsaturated/α-hetero) is 1. The van der Waals surface area contributed by atoms with Gasteiger partial charge in [0.2, 0.25) is 0 Å². The van der Waals surface area contributed by atoms with Crippen LogP contribution >= 0.6 is 0 Å². The molecule has 0 heterocycles. The smallest absolute Gasteiger partial charge is 0.165 e. The maximum absolute atomic E-state index is 11.5. The molecule has 12 heavy (non-hydrogen) atoms. The fourth-order valence-corrected chi connectivity index (χ4v) is 1.25. The van der Waals surface area contributed by atoms with Crippen LogP contribution in [0, 0.1) is 12.8 Å². The van der Waals surface area contributed by atoms with Crippen molar-refractivity contribution < 1.29 is 4.79 Å². The molecule has 1 nitrogen and oxygen atoms in total. The first-order chi connectivity index (χ1) is 5.77. The van der Waals surface area contributed by atoms with Gasteiger partial charge in [-0.2, -0.15) is 0 Å². The van der Waals surface area contributed by atoms with E-state index < -0.39 is 0 Å². The Morgan fingerprint density at radius 3 is 2.33 bits per heavy atom. The highest BCUT2D eigenvalue weighted by molar-refractivity contribution is 5.99. The summed E-state index contributed by atoms with van der Waals surface area (Å²) in [6.07, 6.45) is 2.15. The summed E-state index contributed by atoms with van der Waals surface area (Å²) in [6, 6.07) is 7.50. The number of hydrogen-bond acceptors (Lipinski definition) is 1. The van der Waals surface area contributed by atoms with Crippen molar-refractivity contribution in [2.24, 2.45) is 5.92 Å². The Labute approximate surface area is 72.4 Å². The van der Waals surface area contributed by atoms with E-state index in [4.69, 9.17) is 0 Å². The Hall–Kier alpha value is -1.11. The van der Waals surface area contributed by atoms with Crippen LogP contribution in [-0.4, -0.2) is 5.78 Å². The first kappa shape index (κ1) is 7.53. The molecule has 0 atom stereocenters. The Morgan fingerprint density at radius 1 is 1.25 bits per heavy atom. The zero-order chi connectivity index (χ0) is 8.55. The van der Waals surface area contributed by atoms with E-state index in [1.165, 1.54) is 0 Å². The van der Waals surface area contributed by atoms with Crippen molar-refractivity contribution in [3.63, 3.8) is 0 Å². The van der Waals surface area contributed by atoms with Gasteiger partial charge in [0.25, 0.3) is 0 Å². The maximum Gasteiger partial charge on any atom is 0.165 e. The van der Waals surface area contributed by atoms with Crippen molar-refractivity contribution >= 4 is 5.78 Å². The third-order valence-electron chi connectivity index (χ3n) is 2.19. The number of carbonyl (C=O) groups is 1. The summed E-state index contributed by atoms with van der Waals surface area (Å²) in [4.78, 5) is 11.5. The van der Waals surface area contributed by atoms with Crippen LogP contribution in [-0.2, 0) is 0 Å². The monoisotopic (exact) mass is 159 g/mol. The molecular weight excluding hydrogens is 148 g/mol. The van der Waals surface area contributed by atoms with Crippen LogP contribution < -0.4 is 0 Å². The molecule has 0 bridgehead atoms. The second-order valence-electron chi connectivity index (χ2n) is 3.34. The van der Waals surface area contributed by atoms with Gasteiger partial charge in [-0.1, -0.05) is 24.3 Å². The molecule has 0 amide bonds. The van der Waals surface area contributed by atoms with Crippen molar-refractivity contribution in [2.75, 3.05) is 0 Å². The highest BCUT2D eigenvalue weighted by Gasteiger charge is 2.29. The minimum Gasteiger partial charge on any atom is -0.294 e. The highest BCUT2D eigenvalue weighted by Crippen LogP contribution is 2.32. The number of hydrogen-bond donors (Lipinski definition) is 0. The van der Waals surface area contributed by atoms with E-state index in [1.54, 1.807) is 0 Å². The Kier molecular flexibility index (Phi) is 1.72. The molecule has 0 saturated heterocycles. The fourth-order valence-electron chi connectivity index (χ4n) is 1.25. The van der Waals surface area contributed by atoms with Crippen molar-refractivity contribution in [3.05, 3.63) is 42.3 Å². The van der Waals surface area contributed by atoms with Gasteiger partial charge in [-0.05, 0) is 25.3 Å². The first-order valence-electron chi connectivity index (χ1n) is 4.23. The Morgan fingerprint density at radius 2 is 1.83 bits per heavy atom. The molecule has 1 heteroatoms. The fraction of sp³-hybridized carbons (Fsp3) is 0.273.